The molecule has 0 spiro atoms. The third-order valence-corrected chi connectivity index (χ3v) is 2.76. The third kappa shape index (κ3) is 4.01. The Bertz CT molecular complexity index is 637. The van der Waals surface area contributed by atoms with E-state index in [-0.39, 0.29) is 23.8 Å². The molecule has 0 aliphatic carbocycles. The second kappa shape index (κ2) is 6.60. The molecule has 2 aromatic rings. The molecule has 2 rings (SSSR count). The van der Waals surface area contributed by atoms with Gasteiger partial charge in [0, 0.05) is 18.8 Å². The third-order valence-electron chi connectivity index (χ3n) is 2.76. The average Bonchev–Trinajstić information content (AvgIpc) is 2.44. The Balaban J connectivity index is 1.80. The van der Waals surface area contributed by atoms with Gasteiger partial charge < -0.3 is 5.32 Å². The fourth-order valence-electron chi connectivity index (χ4n) is 1.71. The van der Waals surface area contributed by atoms with Crippen LogP contribution in [0.1, 0.15) is 5.56 Å². The first kappa shape index (κ1) is 13.9. The molecule has 0 saturated carbocycles. The number of nitrogens with zero attached hydrogens (tertiary/aromatic N) is 2. The van der Waals surface area contributed by atoms with Crippen LogP contribution in [-0.2, 0) is 17.8 Å². The number of halogens is 1. The first-order valence-electron chi connectivity index (χ1n) is 6.17. The topological polar surface area (TPSA) is 64.0 Å². The highest BCUT2D eigenvalue weighted by Crippen LogP contribution is 2.02. The van der Waals surface area contributed by atoms with Gasteiger partial charge in [-0.3, -0.25) is 14.2 Å². The highest BCUT2D eigenvalue weighted by molar-refractivity contribution is 5.75. The van der Waals surface area contributed by atoms with Crippen molar-refractivity contribution in [3.63, 3.8) is 0 Å². The van der Waals surface area contributed by atoms with Gasteiger partial charge in [-0.2, -0.15) is 0 Å². The number of amides is 1. The van der Waals surface area contributed by atoms with Gasteiger partial charge >= 0.3 is 0 Å². The van der Waals surface area contributed by atoms with Crippen molar-refractivity contribution in [2.24, 2.45) is 0 Å². The number of benzene rings is 1. The maximum Gasteiger partial charge on any atom is 0.253 e. The van der Waals surface area contributed by atoms with Crippen molar-refractivity contribution in [1.82, 2.24) is 14.9 Å². The summed E-state index contributed by atoms with van der Waals surface area (Å²) < 4.78 is 13.9. The van der Waals surface area contributed by atoms with Gasteiger partial charge in [0.1, 0.15) is 12.4 Å². The van der Waals surface area contributed by atoms with Gasteiger partial charge in [-0.25, -0.2) is 9.37 Å². The molecule has 0 fully saturated rings. The van der Waals surface area contributed by atoms with E-state index in [0.717, 1.165) is 5.56 Å². The van der Waals surface area contributed by atoms with Gasteiger partial charge in [-0.15, -0.1) is 0 Å². The molecule has 1 aromatic carbocycles. The molecule has 0 unspecified atom stereocenters. The lowest BCUT2D eigenvalue weighted by atomic mass is 10.1. The number of aromatic nitrogens is 2. The van der Waals surface area contributed by atoms with Crippen molar-refractivity contribution in [2.45, 2.75) is 13.0 Å². The summed E-state index contributed by atoms with van der Waals surface area (Å²) in [6.07, 6.45) is 3.31. The van der Waals surface area contributed by atoms with Crippen LogP contribution in [0.4, 0.5) is 4.39 Å². The average molecular weight is 275 g/mol. The molecule has 1 heterocycles. The first-order valence-corrected chi connectivity index (χ1v) is 6.17. The molecule has 6 heteroatoms. The van der Waals surface area contributed by atoms with E-state index in [2.05, 4.69) is 10.3 Å². The molecule has 0 atom stereocenters. The number of nitrogens with one attached hydrogen (secondary N) is 1. The fourth-order valence-corrected chi connectivity index (χ4v) is 1.71. The van der Waals surface area contributed by atoms with Gasteiger partial charge in [0.25, 0.3) is 5.56 Å². The van der Waals surface area contributed by atoms with E-state index in [1.165, 1.54) is 35.3 Å². The van der Waals surface area contributed by atoms with Crippen molar-refractivity contribution in [2.75, 3.05) is 6.54 Å². The predicted octanol–water partition coefficient (Wildman–Crippen LogP) is 0.741. The molecule has 0 saturated heterocycles. The van der Waals surface area contributed by atoms with E-state index in [1.807, 2.05) is 0 Å². The Morgan fingerprint density at radius 2 is 2.00 bits per heavy atom. The molecule has 0 radical (unpaired) electrons. The second-order valence-corrected chi connectivity index (χ2v) is 4.27. The SMILES string of the molecule is O=C(Cn1cnccc1=O)NCCc1ccc(F)cc1. The molecule has 5 nitrogen and oxygen atoms in total. The number of hydrogen-bond donors (Lipinski definition) is 1. The van der Waals surface area contributed by atoms with Crippen molar-refractivity contribution < 1.29 is 9.18 Å². The summed E-state index contributed by atoms with van der Waals surface area (Å²) in [4.78, 5) is 26.8. The van der Waals surface area contributed by atoms with Crippen molar-refractivity contribution in [3.8, 4) is 0 Å². The maximum atomic E-state index is 12.7. The van der Waals surface area contributed by atoms with Crippen LogP contribution in [0.25, 0.3) is 0 Å². The summed E-state index contributed by atoms with van der Waals surface area (Å²) in [7, 11) is 0. The Hall–Kier alpha value is -2.50. The zero-order chi connectivity index (χ0) is 14.4. The van der Waals surface area contributed by atoms with Crippen LogP contribution in [0.3, 0.4) is 0 Å². The Labute approximate surface area is 115 Å². The second-order valence-electron chi connectivity index (χ2n) is 4.27. The monoisotopic (exact) mass is 275 g/mol. The number of hydrogen-bond acceptors (Lipinski definition) is 3. The van der Waals surface area contributed by atoms with Crippen molar-refractivity contribution in [1.29, 1.82) is 0 Å². The highest BCUT2D eigenvalue weighted by atomic mass is 19.1. The van der Waals surface area contributed by atoms with Gasteiger partial charge in [-0.05, 0) is 24.1 Å². The summed E-state index contributed by atoms with van der Waals surface area (Å²) in [6, 6.07) is 7.41. The van der Waals surface area contributed by atoms with Gasteiger partial charge in [0.15, 0.2) is 0 Å². The Morgan fingerprint density at radius 1 is 1.25 bits per heavy atom. The zero-order valence-corrected chi connectivity index (χ0v) is 10.8. The summed E-state index contributed by atoms with van der Waals surface area (Å²) >= 11 is 0. The molecular weight excluding hydrogens is 261 g/mol. The maximum absolute atomic E-state index is 12.7. The van der Waals surface area contributed by atoms with E-state index in [9.17, 15) is 14.0 Å². The Kier molecular flexibility index (Phi) is 4.60. The molecule has 104 valence electrons. The van der Waals surface area contributed by atoms with Crippen LogP contribution in [0.5, 0.6) is 0 Å². The minimum absolute atomic E-state index is 0.0594. The lowest BCUT2D eigenvalue weighted by molar-refractivity contribution is -0.121. The minimum Gasteiger partial charge on any atom is -0.354 e. The summed E-state index contributed by atoms with van der Waals surface area (Å²) in [5, 5.41) is 2.70. The van der Waals surface area contributed by atoms with E-state index in [4.69, 9.17) is 0 Å². The quantitative estimate of drug-likeness (QED) is 0.875. The summed E-state index contributed by atoms with van der Waals surface area (Å²) in [5.41, 5.74) is 0.666. The van der Waals surface area contributed by atoms with Crippen LogP contribution < -0.4 is 10.9 Å². The summed E-state index contributed by atoms with van der Waals surface area (Å²) in [6.45, 7) is 0.371. The van der Waals surface area contributed by atoms with Crippen LogP contribution in [0.2, 0.25) is 0 Å². The molecule has 20 heavy (non-hydrogen) atoms. The van der Waals surface area contributed by atoms with Crippen molar-refractivity contribution in [3.05, 3.63) is 64.6 Å². The van der Waals surface area contributed by atoms with Gasteiger partial charge in [-0.1, -0.05) is 12.1 Å². The highest BCUT2D eigenvalue weighted by Gasteiger charge is 2.03. The zero-order valence-electron chi connectivity index (χ0n) is 10.8. The number of carbonyl (C=O) groups excluding carboxylic acids is 1. The number of rotatable bonds is 5. The molecule has 0 bridgehead atoms. The van der Waals surface area contributed by atoms with E-state index in [1.54, 1.807) is 12.1 Å². The van der Waals surface area contributed by atoms with Crippen LogP contribution in [0, 0.1) is 5.82 Å². The molecule has 0 aliphatic rings. The van der Waals surface area contributed by atoms with Crippen LogP contribution in [-0.4, -0.2) is 22.0 Å². The lowest BCUT2D eigenvalue weighted by Gasteiger charge is -2.06. The van der Waals surface area contributed by atoms with E-state index >= 15 is 0 Å². The predicted molar refractivity (Wildman–Crippen MR) is 71.6 cm³/mol. The molecular formula is C14H14FN3O2. The van der Waals surface area contributed by atoms with E-state index < -0.39 is 0 Å². The van der Waals surface area contributed by atoms with Gasteiger partial charge in [0.05, 0.1) is 6.33 Å². The van der Waals surface area contributed by atoms with E-state index in [0.29, 0.717) is 13.0 Å². The normalized spacial score (nSPS) is 10.2. The molecule has 1 amide bonds. The first-order chi connectivity index (χ1) is 9.65. The van der Waals surface area contributed by atoms with Gasteiger partial charge in [0.2, 0.25) is 5.91 Å². The smallest absolute Gasteiger partial charge is 0.253 e. The standard InChI is InChI=1S/C14H14FN3O2/c15-12-3-1-11(2-4-12)5-8-17-13(19)9-18-10-16-7-6-14(18)20/h1-4,6-7,10H,5,8-9H2,(H,17,19). The molecule has 1 N–H and O–H groups in total. The number of carbonyl (C=O) groups is 1. The molecule has 0 aliphatic heterocycles. The van der Waals surface area contributed by atoms with Crippen LogP contribution >= 0.6 is 0 Å². The Morgan fingerprint density at radius 3 is 2.70 bits per heavy atom. The van der Waals surface area contributed by atoms with Crippen LogP contribution in [0.15, 0.2) is 47.7 Å². The largest absolute Gasteiger partial charge is 0.354 e. The fraction of sp³-hybridized carbons (Fsp3) is 0.214. The lowest BCUT2D eigenvalue weighted by Crippen LogP contribution is -2.33. The summed E-state index contributed by atoms with van der Waals surface area (Å²) in [5.74, 6) is -0.545. The molecule has 1 aromatic heterocycles. The van der Waals surface area contributed by atoms with Crippen molar-refractivity contribution >= 4 is 5.91 Å². The minimum atomic E-state index is -0.284.